The summed E-state index contributed by atoms with van der Waals surface area (Å²) in [7, 11) is 0. The standard InChI is InChI=1S/C8H13F2N3O/c1-5(12)6-2-8(9,10)4-13(6)7(14)3-11/h6,12H,2-4,11H2,1H3/t6-/m0/s1. The van der Waals surface area contributed by atoms with Crippen LogP contribution in [0.25, 0.3) is 0 Å². The van der Waals surface area contributed by atoms with Crippen molar-refractivity contribution < 1.29 is 13.6 Å². The summed E-state index contributed by atoms with van der Waals surface area (Å²) < 4.78 is 25.9. The Labute approximate surface area is 80.6 Å². The molecule has 14 heavy (non-hydrogen) atoms. The summed E-state index contributed by atoms with van der Waals surface area (Å²) in [6.07, 6.45) is -0.464. The molecule has 1 atom stereocenters. The Bertz CT molecular complexity index is 267. The smallest absolute Gasteiger partial charge is 0.267 e. The average Bonchev–Trinajstić information content (AvgIpc) is 2.40. The zero-order valence-corrected chi connectivity index (χ0v) is 7.89. The summed E-state index contributed by atoms with van der Waals surface area (Å²) in [5, 5.41) is 7.30. The van der Waals surface area contributed by atoms with Crippen LogP contribution in [0.3, 0.4) is 0 Å². The molecular weight excluding hydrogens is 192 g/mol. The molecule has 0 aliphatic carbocycles. The lowest BCUT2D eigenvalue weighted by molar-refractivity contribution is -0.130. The fraction of sp³-hybridized carbons (Fsp3) is 0.750. The monoisotopic (exact) mass is 205 g/mol. The van der Waals surface area contributed by atoms with Gasteiger partial charge in [0, 0.05) is 12.1 Å². The van der Waals surface area contributed by atoms with Gasteiger partial charge >= 0.3 is 0 Å². The number of hydrogen-bond acceptors (Lipinski definition) is 3. The first kappa shape index (κ1) is 11.0. The van der Waals surface area contributed by atoms with Crippen LogP contribution in [0, 0.1) is 5.41 Å². The van der Waals surface area contributed by atoms with Gasteiger partial charge in [-0.2, -0.15) is 0 Å². The fourth-order valence-corrected chi connectivity index (χ4v) is 1.58. The van der Waals surface area contributed by atoms with Gasteiger partial charge in [-0.05, 0) is 6.92 Å². The maximum Gasteiger partial charge on any atom is 0.267 e. The quantitative estimate of drug-likeness (QED) is 0.633. The number of nitrogens with two attached hydrogens (primary N) is 1. The minimum Gasteiger partial charge on any atom is -0.327 e. The van der Waals surface area contributed by atoms with Crippen LogP contribution < -0.4 is 5.73 Å². The third-order valence-electron chi connectivity index (χ3n) is 2.26. The van der Waals surface area contributed by atoms with Crippen molar-refractivity contribution in [2.75, 3.05) is 13.1 Å². The number of carbonyl (C=O) groups excluding carboxylic acids is 1. The molecule has 1 aliphatic heterocycles. The number of alkyl halides is 2. The Hall–Kier alpha value is -1.04. The Kier molecular flexibility index (Phi) is 2.84. The van der Waals surface area contributed by atoms with Gasteiger partial charge in [-0.3, -0.25) is 4.79 Å². The van der Waals surface area contributed by atoms with Crippen molar-refractivity contribution in [2.24, 2.45) is 5.73 Å². The first-order valence-corrected chi connectivity index (χ1v) is 4.30. The molecular formula is C8H13F2N3O. The van der Waals surface area contributed by atoms with Crippen LogP contribution in [0.2, 0.25) is 0 Å². The molecule has 1 aliphatic rings. The summed E-state index contributed by atoms with van der Waals surface area (Å²) in [4.78, 5) is 12.2. The minimum atomic E-state index is -2.89. The molecule has 3 N–H and O–H groups in total. The number of nitrogens with zero attached hydrogens (tertiary/aromatic N) is 1. The van der Waals surface area contributed by atoms with Gasteiger partial charge in [0.2, 0.25) is 5.91 Å². The van der Waals surface area contributed by atoms with E-state index in [4.69, 9.17) is 11.1 Å². The molecule has 0 radical (unpaired) electrons. The van der Waals surface area contributed by atoms with Crippen molar-refractivity contribution in [3.63, 3.8) is 0 Å². The number of likely N-dealkylation sites (tertiary alicyclic amines) is 1. The van der Waals surface area contributed by atoms with Crippen molar-refractivity contribution in [3.05, 3.63) is 0 Å². The predicted molar refractivity (Wildman–Crippen MR) is 47.5 cm³/mol. The molecule has 1 fully saturated rings. The first-order chi connectivity index (χ1) is 6.37. The fourth-order valence-electron chi connectivity index (χ4n) is 1.58. The molecule has 0 aromatic rings. The van der Waals surface area contributed by atoms with Crippen molar-refractivity contribution in [1.82, 2.24) is 4.90 Å². The van der Waals surface area contributed by atoms with E-state index in [-0.39, 0.29) is 12.3 Å². The normalized spacial score (nSPS) is 25.1. The molecule has 1 rings (SSSR count). The van der Waals surface area contributed by atoms with Crippen LogP contribution in [0.5, 0.6) is 0 Å². The van der Waals surface area contributed by atoms with Crippen molar-refractivity contribution in [1.29, 1.82) is 5.41 Å². The first-order valence-electron chi connectivity index (χ1n) is 4.30. The lowest BCUT2D eigenvalue weighted by Crippen LogP contribution is -2.42. The van der Waals surface area contributed by atoms with E-state index in [9.17, 15) is 13.6 Å². The molecule has 1 amide bonds. The molecule has 0 aromatic heterocycles. The van der Waals surface area contributed by atoms with Gasteiger partial charge in [-0.1, -0.05) is 0 Å². The van der Waals surface area contributed by atoms with Crippen LogP contribution >= 0.6 is 0 Å². The maximum atomic E-state index is 13.0. The van der Waals surface area contributed by atoms with Crippen LogP contribution in [0.15, 0.2) is 0 Å². The minimum absolute atomic E-state index is 0.0731. The summed E-state index contributed by atoms with van der Waals surface area (Å²) in [5.41, 5.74) is 5.17. The second-order valence-electron chi connectivity index (χ2n) is 3.48. The van der Waals surface area contributed by atoms with E-state index in [0.717, 1.165) is 4.90 Å². The largest absolute Gasteiger partial charge is 0.327 e. The molecule has 4 nitrogen and oxygen atoms in total. The van der Waals surface area contributed by atoms with E-state index in [1.165, 1.54) is 6.92 Å². The highest BCUT2D eigenvalue weighted by Gasteiger charge is 2.47. The number of halogens is 2. The Morgan fingerprint density at radius 2 is 2.29 bits per heavy atom. The van der Waals surface area contributed by atoms with Gasteiger partial charge in [0.15, 0.2) is 0 Å². The van der Waals surface area contributed by atoms with Crippen LogP contribution in [0.4, 0.5) is 8.78 Å². The summed E-state index contributed by atoms with van der Waals surface area (Å²) in [5.74, 6) is -3.42. The zero-order chi connectivity index (χ0) is 10.9. The molecule has 6 heteroatoms. The van der Waals surface area contributed by atoms with Gasteiger partial charge in [-0.25, -0.2) is 8.78 Å². The highest BCUT2D eigenvalue weighted by atomic mass is 19.3. The lowest BCUT2D eigenvalue weighted by atomic mass is 10.1. The maximum absolute atomic E-state index is 13.0. The Morgan fingerprint density at radius 1 is 1.71 bits per heavy atom. The van der Waals surface area contributed by atoms with E-state index in [1.807, 2.05) is 0 Å². The number of hydrogen-bond donors (Lipinski definition) is 2. The SMILES string of the molecule is CC(=N)[C@@H]1CC(F)(F)CN1C(=O)CN. The molecule has 0 unspecified atom stereocenters. The summed E-state index contributed by atoms with van der Waals surface area (Å²) >= 11 is 0. The topological polar surface area (TPSA) is 70.2 Å². The van der Waals surface area contributed by atoms with Crippen molar-refractivity contribution in [3.8, 4) is 0 Å². The average molecular weight is 205 g/mol. The third kappa shape index (κ3) is 2.06. The number of nitrogens with one attached hydrogen (secondary N) is 1. The van der Waals surface area contributed by atoms with E-state index in [1.54, 1.807) is 0 Å². The molecule has 0 saturated carbocycles. The van der Waals surface area contributed by atoms with Crippen LogP contribution in [0.1, 0.15) is 13.3 Å². The molecule has 0 aromatic carbocycles. The van der Waals surface area contributed by atoms with Gasteiger partial charge < -0.3 is 16.0 Å². The molecule has 0 spiro atoms. The van der Waals surface area contributed by atoms with E-state index < -0.39 is 30.8 Å². The van der Waals surface area contributed by atoms with Gasteiger partial charge in [-0.15, -0.1) is 0 Å². The molecule has 1 saturated heterocycles. The van der Waals surface area contributed by atoms with Gasteiger partial charge in [0.1, 0.15) is 0 Å². The highest BCUT2D eigenvalue weighted by Crippen LogP contribution is 2.32. The molecule has 80 valence electrons. The molecule has 1 heterocycles. The van der Waals surface area contributed by atoms with Crippen molar-refractivity contribution >= 4 is 11.6 Å². The number of rotatable bonds is 2. The van der Waals surface area contributed by atoms with Gasteiger partial charge in [0.25, 0.3) is 5.92 Å². The second-order valence-corrected chi connectivity index (χ2v) is 3.48. The second kappa shape index (κ2) is 3.61. The van der Waals surface area contributed by atoms with Crippen LogP contribution in [-0.4, -0.2) is 41.6 Å². The number of amides is 1. The van der Waals surface area contributed by atoms with Crippen molar-refractivity contribution in [2.45, 2.75) is 25.3 Å². The van der Waals surface area contributed by atoms with E-state index in [2.05, 4.69) is 0 Å². The predicted octanol–water partition coefficient (Wildman–Crippen LogP) is 0.221. The third-order valence-corrected chi connectivity index (χ3v) is 2.26. The number of carbonyl (C=O) groups is 1. The van der Waals surface area contributed by atoms with E-state index >= 15 is 0 Å². The Morgan fingerprint density at radius 3 is 2.71 bits per heavy atom. The lowest BCUT2D eigenvalue weighted by Gasteiger charge is -2.22. The summed E-state index contributed by atoms with van der Waals surface area (Å²) in [6, 6.07) is -0.791. The zero-order valence-electron chi connectivity index (χ0n) is 7.89. The molecule has 0 bridgehead atoms. The van der Waals surface area contributed by atoms with Gasteiger partial charge in [0.05, 0.1) is 19.1 Å². The van der Waals surface area contributed by atoms with Crippen LogP contribution in [-0.2, 0) is 4.79 Å². The summed E-state index contributed by atoms with van der Waals surface area (Å²) in [6.45, 7) is 0.507. The Balaban J connectivity index is 2.83. The van der Waals surface area contributed by atoms with E-state index in [0.29, 0.717) is 0 Å². The highest BCUT2D eigenvalue weighted by molar-refractivity contribution is 5.90.